The SMILES string of the molecule is CCC(C(=O)OCCCO)C1CC1C#N. The second-order valence-electron chi connectivity index (χ2n) is 3.89. The first-order valence-corrected chi connectivity index (χ1v) is 5.41. The Morgan fingerprint density at radius 1 is 1.73 bits per heavy atom. The minimum absolute atomic E-state index is 0.0360. The molecular weight excluding hydrogens is 194 g/mol. The topological polar surface area (TPSA) is 70.3 Å². The van der Waals surface area contributed by atoms with Gasteiger partial charge in [0.05, 0.1) is 24.5 Å². The highest BCUT2D eigenvalue weighted by atomic mass is 16.5. The first kappa shape index (κ1) is 12.0. The maximum atomic E-state index is 11.6. The van der Waals surface area contributed by atoms with Crippen molar-refractivity contribution in [2.75, 3.05) is 13.2 Å². The van der Waals surface area contributed by atoms with E-state index in [1.807, 2.05) is 6.92 Å². The highest BCUT2D eigenvalue weighted by Crippen LogP contribution is 2.45. The fourth-order valence-electron chi connectivity index (χ4n) is 1.80. The average molecular weight is 211 g/mol. The third kappa shape index (κ3) is 3.21. The van der Waals surface area contributed by atoms with Crippen molar-refractivity contribution in [2.45, 2.75) is 26.2 Å². The molecule has 15 heavy (non-hydrogen) atoms. The van der Waals surface area contributed by atoms with Crippen molar-refractivity contribution < 1.29 is 14.6 Å². The van der Waals surface area contributed by atoms with Crippen LogP contribution in [0.15, 0.2) is 0 Å². The van der Waals surface area contributed by atoms with Crippen LogP contribution in [-0.4, -0.2) is 24.3 Å². The lowest BCUT2D eigenvalue weighted by Gasteiger charge is -2.12. The highest BCUT2D eigenvalue weighted by Gasteiger charge is 2.46. The number of aliphatic hydroxyl groups excluding tert-OH is 1. The standard InChI is InChI=1S/C11H17NO3/c1-2-9(10-6-8(10)7-12)11(14)15-5-3-4-13/h8-10,13H,2-6H2,1H3. The number of rotatable bonds is 6. The van der Waals surface area contributed by atoms with Gasteiger partial charge < -0.3 is 9.84 Å². The molecule has 0 bridgehead atoms. The molecule has 3 unspecified atom stereocenters. The first-order chi connectivity index (χ1) is 7.24. The normalized spacial score (nSPS) is 25.4. The van der Waals surface area contributed by atoms with Crippen LogP contribution in [0.5, 0.6) is 0 Å². The second-order valence-corrected chi connectivity index (χ2v) is 3.89. The summed E-state index contributed by atoms with van der Waals surface area (Å²) in [4.78, 5) is 11.6. The van der Waals surface area contributed by atoms with Crippen LogP contribution >= 0.6 is 0 Å². The maximum Gasteiger partial charge on any atom is 0.309 e. The van der Waals surface area contributed by atoms with E-state index in [4.69, 9.17) is 15.1 Å². The summed E-state index contributed by atoms with van der Waals surface area (Å²) in [6.45, 7) is 2.24. The molecule has 4 heteroatoms. The number of esters is 1. The summed E-state index contributed by atoms with van der Waals surface area (Å²) < 4.78 is 5.02. The van der Waals surface area contributed by atoms with Crippen molar-refractivity contribution in [1.29, 1.82) is 5.26 Å². The van der Waals surface area contributed by atoms with Crippen molar-refractivity contribution in [2.24, 2.45) is 17.8 Å². The fraction of sp³-hybridized carbons (Fsp3) is 0.818. The van der Waals surface area contributed by atoms with Gasteiger partial charge in [-0.2, -0.15) is 5.26 Å². The van der Waals surface area contributed by atoms with Crippen molar-refractivity contribution in [3.63, 3.8) is 0 Å². The van der Waals surface area contributed by atoms with Gasteiger partial charge in [-0.1, -0.05) is 6.92 Å². The third-order valence-electron chi connectivity index (χ3n) is 2.81. The molecule has 0 spiro atoms. The maximum absolute atomic E-state index is 11.6. The van der Waals surface area contributed by atoms with E-state index in [1.54, 1.807) is 0 Å². The molecule has 0 heterocycles. The van der Waals surface area contributed by atoms with Crippen LogP contribution in [0.3, 0.4) is 0 Å². The molecule has 0 aromatic heterocycles. The molecule has 0 aromatic carbocycles. The van der Waals surface area contributed by atoms with Gasteiger partial charge in [-0.05, 0) is 18.8 Å². The largest absolute Gasteiger partial charge is 0.465 e. The Kier molecular flexibility index (Phi) is 4.57. The van der Waals surface area contributed by atoms with Gasteiger partial charge in [0.15, 0.2) is 0 Å². The van der Waals surface area contributed by atoms with Crippen LogP contribution in [0.2, 0.25) is 0 Å². The minimum Gasteiger partial charge on any atom is -0.465 e. The molecule has 1 rings (SSSR count). The van der Waals surface area contributed by atoms with Gasteiger partial charge >= 0.3 is 5.97 Å². The number of nitrogens with zero attached hydrogens (tertiary/aromatic N) is 1. The Hall–Kier alpha value is -1.08. The van der Waals surface area contributed by atoms with Gasteiger partial charge in [0, 0.05) is 13.0 Å². The molecule has 0 aliphatic heterocycles. The van der Waals surface area contributed by atoms with Gasteiger partial charge in [-0.3, -0.25) is 4.79 Å². The molecule has 0 aromatic rings. The van der Waals surface area contributed by atoms with E-state index < -0.39 is 0 Å². The van der Waals surface area contributed by atoms with Gasteiger partial charge in [0.2, 0.25) is 0 Å². The molecule has 0 amide bonds. The number of carbonyl (C=O) groups excluding carboxylic acids is 1. The smallest absolute Gasteiger partial charge is 0.309 e. The van der Waals surface area contributed by atoms with E-state index >= 15 is 0 Å². The van der Waals surface area contributed by atoms with E-state index in [9.17, 15) is 4.79 Å². The van der Waals surface area contributed by atoms with Gasteiger partial charge in [-0.25, -0.2) is 0 Å². The average Bonchev–Trinajstić information content (AvgIpc) is 2.99. The van der Waals surface area contributed by atoms with Crippen molar-refractivity contribution >= 4 is 5.97 Å². The van der Waals surface area contributed by atoms with Crippen molar-refractivity contribution in [1.82, 2.24) is 0 Å². The second kappa shape index (κ2) is 5.72. The van der Waals surface area contributed by atoms with Crippen molar-refractivity contribution in [3.05, 3.63) is 0 Å². The molecule has 4 nitrogen and oxygen atoms in total. The van der Waals surface area contributed by atoms with E-state index in [0.717, 1.165) is 12.8 Å². The summed E-state index contributed by atoms with van der Waals surface area (Å²) in [7, 11) is 0. The fourth-order valence-corrected chi connectivity index (χ4v) is 1.80. The molecule has 0 radical (unpaired) electrons. The zero-order valence-electron chi connectivity index (χ0n) is 8.98. The van der Waals surface area contributed by atoms with Gasteiger partial charge in [0.1, 0.15) is 0 Å². The molecule has 3 atom stereocenters. The lowest BCUT2D eigenvalue weighted by molar-refractivity contribution is -0.149. The van der Waals surface area contributed by atoms with Crippen LogP contribution in [0.25, 0.3) is 0 Å². The van der Waals surface area contributed by atoms with E-state index in [2.05, 4.69) is 6.07 Å². The Balaban J connectivity index is 2.32. The summed E-state index contributed by atoms with van der Waals surface area (Å²) in [5.41, 5.74) is 0. The lowest BCUT2D eigenvalue weighted by Crippen LogP contribution is -2.20. The van der Waals surface area contributed by atoms with Crippen LogP contribution in [0.4, 0.5) is 0 Å². The molecule has 1 N–H and O–H groups in total. The summed E-state index contributed by atoms with van der Waals surface area (Å²) >= 11 is 0. The summed E-state index contributed by atoms with van der Waals surface area (Å²) in [5, 5.41) is 17.2. The monoisotopic (exact) mass is 211 g/mol. The van der Waals surface area contributed by atoms with Crippen LogP contribution in [-0.2, 0) is 9.53 Å². The van der Waals surface area contributed by atoms with E-state index in [-0.39, 0.29) is 36.9 Å². The van der Waals surface area contributed by atoms with Crippen LogP contribution in [0.1, 0.15) is 26.2 Å². The summed E-state index contributed by atoms with van der Waals surface area (Å²) in [6, 6.07) is 2.18. The summed E-state index contributed by atoms with van der Waals surface area (Å²) in [5.74, 6) is -0.107. The summed E-state index contributed by atoms with van der Waals surface area (Å²) in [6.07, 6.45) is 2.03. The Morgan fingerprint density at radius 3 is 2.93 bits per heavy atom. The number of carbonyl (C=O) groups is 1. The Morgan fingerprint density at radius 2 is 2.47 bits per heavy atom. The number of hydrogen-bond acceptors (Lipinski definition) is 4. The molecule has 0 saturated heterocycles. The van der Waals surface area contributed by atoms with Crippen LogP contribution in [0, 0.1) is 29.1 Å². The molecule has 1 saturated carbocycles. The predicted octanol–water partition coefficient (Wildman–Crippen LogP) is 1.10. The van der Waals surface area contributed by atoms with Gasteiger partial charge in [-0.15, -0.1) is 0 Å². The van der Waals surface area contributed by atoms with Crippen molar-refractivity contribution in [3.8, 4) is 6.07 Å². The number of aliphatic hydroxyl groups is 1. The molecule has 1 fully saturated rings. The molecular formula is C11H17NO3. The van der Waals surface area contributed by atoms with E-state index in [1.165, 1.54) is 0 Å². The van der Waals surface area contributed by atoms with E-state index in [0.29, 0.717) is 6.42 Å². The number of hydrogen-bond donors (Lipinski definition) is 1. The van der Waals surface area contributed by atoms with Gasteiger partial charge in [0.25, 0.3) is 0 Å². The molecule has 1 aliphatic carbocycles. The zero-order valence-corrected chi connectivity index (χ0v) is 8.98. The third-order valence-corrected chi connectivity index (χ3v) is 2.81. The Labute approximate surface area is 89.8 Å². The Bertz CT molecular complexity index is 259. The zero-order chi connectivity index (χ0) is 11.3. The number of nitriles is 1. The predicted molar refractivity (Wildman–Crippen MR) is 53.7 cm³/mol. The van der Waals surface area contributed by atoms with Crippen LogP contribution < -0.4 is 0 Å². The minimum atomic E-state index is -0.214. The molecule has 84 valence electrons. The first-order valence-electron chi connectivity index (χ1n) is 5.41. The number of ether oxygens (including phenoxy) is 1. The highest BCUT2D eigenvalue weighted by molar-refractivity contribution is 5.73. The quantitative estimate of drug-likeness (QED) is 0.527. The lowest BCUT2D eigenvalue weighted by atomic mass is 9.99. The molecule has 1 aliphatic rings.